The SMILES string of the molecule is CNc1nccc2c1ncn2-c1ccc(NC(=O)Nc2ccc(Cl)c(C(F)(F)F)c2)cc1. The van der Waals surface area contributed by atoms with E-state index in [1.807, 2.05) is 10.6 Å². The third-order valence-corrected chi connectivity index (χ3v) is 4.96. The molecular formula is C21H16ClF3N6O. The van der Waals surface area contributed by atoms with Gasteiger partial charge in [0.25, 0.3) is 0 Å². The second-order valence-corrected chi connectivity index (χ2v) is 7.12. The van der Waals surface area contributed by atoms with E-state index >= 15 is 0 Å². The highest BCUT2D eigenvalue weighted by molar-refractivity contribution is 6.31. The molecule has 0 aliphatic rings. The minimum Gasteiger partial charge on any atom is -0.371 e. The van der Waals surface area contributed by atoms with Crippen molar-refractivity contribution in [3.05, 3.63) is 71.6 Å². The van der Waals surface area contributed by atoms with Crippen LogP contribution in [-0.4, -0.2) is 27.6 Å². The van der Waals surface area contributed by atoms with Crippen LogP contribution in [0.1, 0.15) is 5.56 Å². The van der Waals surface area contributed by atoms with Gasteiger partial charge in [-0.3, -0.25) is 4.57 Å². The highest BCUT2D eigenvalue weighted by atomic mass is 35.5. The lowest BCUT2D eigenvalue weighted by Gasteiger charge is -2.12. The van der Waals surface area contributed by atoms with Crippen LogP contribution in [0.25, 0.3) is 16.7 Å². The third kappa shape index (κ3) is 4.30. The normalized spacial score (nSPS) is 11.4. The summed E-state index contributed by atoms with van der Waals surface area (Å²) in [5.41, 5.74) is 1.78. The molecule has 2 heterocycles. The molecule has 0 radical (unpaired) electrons. The summed E-state index contributed by atoms with van der Waals surface area (Å²) >= 11 is 5.60. The number of fused-ring (bicyclic) bond motifs is 1. The van der Waals surface area contributed by atoms with Crippen molar-refractivity contribution < 1.29 is 18.0 Å². The van der Waals surface area contributed by atoms with E-state index in [9.17, 15) is 18.0 Å². The Bertz CT molecular complexity index is 1290. The molecule has 0 bridgehead atoms. The lowest BCUT2D eigenvalue weighted by atomic mass is 10.2. The smallest absolute Gasteiger partial charge is 0.371 e. The molecule has 2 aromatic heterocycles. The first-order valence-electron chi connectivity index (χ1n) is 9.31. The van der Waals surface area contributed by atoms with Gasteiger partial charge < -0.3 is 16.0 Å². The van der Waals surface area contributed by atoms with Crippen molar-refractivity contribution in [1.82, 2.24) is 14.5 Å². The van der Waals surface area contributed by atoms with Crippen molar-refractivity contribution in [3.63, 3.8) is 0 Å². The fourth-order valence-electron chi connectivity index (χ4n) is 3.15. The van der Waals surface area contributed by atoms with E-state index in [1.54, 1.807) is 43.8 Å². The van der Waals surface area contributed by atoms with E-state index < -0.39 is 22.8 Å². The van der Waals surface area contributed by atoms with Gasteiger partial charge in [-0.1, -0.05) is 11.6 Å². The van der Waals surface area contributed by atoms with E-state index in [1.165, 1.54) is 6.07 Å². The molecule has 0 saturated heterocycles. The average molecular weight is 461 g/mol. The van der Waals surface area contributed by atoms with Crippen molar-refractivity contribution in [2.24, 2.45) is 0 Å². The Morgan fingerprint density at radius 2 is 1.69 bits per heavy atom. The number of anilines is 3. The van der Waals surface area contributed by atoms with Crippen LogP contribution >= 0.6 is 11.6 Å². The number of carbonyl (C=O) groups is 1. The zero-order valence-electron chi connectivity index (χ0n) is 16.5. The predicted octanol–water partition coefficient (Wildman–Crippen LogP) is 5.78. The zero-order valence-corrected chi connectivity index (χ0v) is 17.3. The van der Waals surface area contributed by atoms with Gasteiger partial charge in [0.05, 0.1) is 16.1 Å². The number of urea groups is 1. The van der Waals surface area contributed by atoms with E-state index in [-0.39, 0.29) is 5.69 Å². The molecule has 3 N–H and O–H groups in total. The maximum Gasteiger partial charge on any atom is 0.417 e. The van der Waals surface area contributed by atoms with Gasteiger partial charge in [0.15, 0.2) is 5.82 Å². The molecule has 4 aromatic rings. The Morgan fingerprint density at radius 3 is 2.38 bits per heavy atom. The van der Waals surface area contributed by atoms with Gasteiger partial charge in [0, 0.05) is 30.3 Å². The second kappa shape index (κ2) is 8.39. The van der Waals surface area contributed by atoms with Crippen molar-refractivity contribution in [3.8, 4) is 5.69 Å². The maximum absolute atomic E-state index is 13.0. The van der Waals surface area contributed by atoms with Crippen LogP contribution in [0.3, 0.4) is 0 Å². The van der Waals surface area contributed by atoms with Crippen LogP contribution in [0.5, 0.6) is 0 Å². The average Bonchev–Trinajstić information content (AvgIpc) is 3.19. The summed E-state index contributed by atoms with van der Waals surface area (Å²) < 4.78 is 40.8. The first-order valence-corrected chi connectivity index (χ1v) is 9.69. The molecule has 0 aliphatic carbocycles. The Hall–Kier alpha value is -3.79. The van der Waals surface area contributed by atoms with Gasteiger partial charge in [-0.15, -0.1) is 0 Å². The quantitative estimate of drug-likeness (QED) is 0.360. The van der Waals surface area contributed by atoms with E-state index in [4.69, 9.17) is 11.6 Å². The molecule has 2 amide bonds. The molecule has 0 unspecified atom stereocenters. The number of carbonyl (C=O) groups excluding carboxylic acids is 1. The molecule has 164 valence electrons. The number of hydrogen-bond acceptors (Lipinski definition) is 4. The van der Waals surface area contributed by atoms with Gasteiger partial charge in [-0.05, 0) is 48.5 Å². The fourth-order valence-corrected chi connectivity index (χ4v) is 3.38. The summed E-state index contributed by atoms with van der Waals surface area (Å²) in [6.45, 7) is 0. The lowest BCUT2D eigenvalue weighted by molar-refractivity contribution is -0.137. The number of imidazole rings is 1. The fraction of sp³-hybridized carbons (Fsp3) is 0.0952. The van der Waals surface area contributed by atoms with Crippen LogP contribution in [0.2, 0.25) is 5.02 Å². The standard InChI is InChI=1S/C21H16ClF3N6O/c1-26-19-18-17(8-9-27-19)31(11-28-18)14-5-2-12(3-6-14)29-20(32)30-13-4-7-16(22)15(10-13)21(23,24)25/h2-11H,1H3,(H,26,27)(H2,29,30,32). The highest BCUT2D eigenvalue weighted by Crippen LogP contribution is 2.36. The van der Waals surface area contributed by atoms with E-state index in [2.05, 4.69) is 25.9 Å². The number of hydrogen-bond donors (Lipinski definition) is 3. The van der Waals surface area contributed by atoms with Crippen LogP contribution in [0.4, 0.5) is 35.2 Å². The van der Waals surface area contributed by atoms with Crippen LogP contribution in [-0.2, 0) is 6.18 Å². The van der Waals surface area contributed by atoms with Gasteiger partial charge in [-0.2, -0.15) is 13.2 Å². The molecule has 0 fully saturated rings. The molecule has 32 heavy (non-hydrogen) atoms. The summed E-state index contributed by atoms with van der Waals surface area (Å²) in [5, 5.41) is 7.50. The number of aromatic nitrogens is 3. The topological polar surface area (TPSA) is 83.9 Å². The van der Waals surface area contributed by atoms with Gasteiger partial charge >= 0.3 is 12.2 Å². The van der Waals surface area contributed by atoms with Crippen molar-refractivity contribution in [2.75, 3.05) is 23.0 Å². The summed E-state index contributed by atoms with van der Waals surface area (Å²) in [6, 6.07) is 11.2. The molecule has 0 saturated carbocycles. The van der Waals surface area contributed by atoms with Crippen LogP contribution in [0.15, 0.2) is 61.1 Å². The number of halogens is 4. The monoisotopic (exact) mass is 460 g/mol. The molecule has 11 heteroatoms. The minimum absolute atomic E-state index is 0.0327. The number of nitrogens with zero attached hydrogens (tertiary/aromatic N) is 3. The molecule has 0 atom stereocenters. The van der Waals surface area contributed by atoms with Gasteiger partial charge in [0.2, 0.25) is 0 Å². The summed E-state index contributed by atoms with van der Waals surface area (Å²) in [5.74, 6) is 0.659. The summed E-state index contributed by atoms with van der Waals surface area (Å²) in [6.07, 6.45) is -1.28. The van der Waals surface area contributed by atoms with Gasteiger partial charge in [-0.25, -0.2) is 14.8 Å². The molecule has 0 spiro atoms. The van der Waals surface area contributed by atoms with E-state index in [0.717, 1.165) is 28.9 Å². The minimum atomic E-state index is -4.62. The lowest BCUT2D eigenvalue weighted by Crippen LogP contribution is -2.20. The van der Waals surface area contributed by atoms with Crippen molar-refractivity contribution in [2.45, 2.75) is 6.18 Å². The molecule has 4 rings (SSSR count). The maximum atomic E-state index is 13.0. The van der Waals surface area contributed by atoms with Crippen LogP contribution < -0.4 is 16.0 Å². The first kappa shape index (κ1) is 21.4. The largest absolute Gasteiger partial charge is 0.417 e. The Kier molecular flexibility index (Phi) is 5.62. The van der Waals surface area contributed by atoms with E-state index in [0.29, 0.717) is 11.5 Å². The molecule has 0 aliphatic heterocycles. The number of pyridine rings is 1. The summed E-state index contributed by atoms with van der Waals surface area (Å²) in [7, 11) is 1.76. The molecular weight excluding hydrogens is 445 g/mol. The van der Waals surface area contributed by atoms with Gasteiger partial charge in [0.1, 0.15) is 11.8 Å². The number of alkyl halides is 3. The highest BCUT2D eigenvalue weighted by Gasteiger charge is 2.33. The zero-order chi connectivity index (χ0) is 22.9. The van der Waals surface area contributed by atoms with Crippen molar-refractivity contribution >= 4 is 45.9 Å². The third-order valence-electron chi connectivity index (χ3n) is 4.63. The Labute approximate surface area is 185 Å². The number of rotatable bonds is 4. The first-order chi connectivity index (χ1) is 15.3. The Balaban J connectivity index is 1.48. The summed E-state index contributed by atoms with van der Waals surface area (Å²) in [4.78, 5) is 20.8. The predicted molar refractivity (Wildman–Crippen MR) is 118 cm³/mol. The number of benzene rings is 2. The molecule has 2 aromatic carbocycles. The van der Waals surface area contributed by atoms with Crippen molar-refractivity contribution in [1.29, 1.82) is 0 Å². The second-order valence-electron chi connectivity index (χ2n) is 6.71. The number of amides is 2. The number of nitrogens with one attached hydrogen (secondary N) is 3. The van der Waals surface area contributed by atoms with Crippen LogP contribution in [0, 0.1) is 0 Å². The molecule has 7 nitrogen and oxygen atoms in total. The Morgan fingerprint density at radius 1 is 1.00 bits per heavy atom.